The highest BCUT2D eigenvalue weighted by molar-refractivity contribution is 6.00. The number of hydrogen-bond donors (Lipinski definition) is 2. The molecular weight excluding hydrogens is 390 g/mol. The maximum Gasteiger partial charge on any atom is 0.254 e. The van der Waals surface area contributed by atoms with Crippen molar-refractivity contribution in [3.63, 3.8) is 0 Å². The number of rotatable bonds is 9. The normalized spacial score (nSPS) is 21.9. The summed E-state index contributed by atoms with van der Waals surface area (Å²) in [5, 5.41) is 2.87. The lowest BCUT2D eigenvalue weighted by molar-refractivity contribution is -0.166. The van der Waals surface area contributed by atoms with Crippen LogP contribution in [0.3, 0.4) is 0 Å². The third-order valence-electron chi connectivity index (χ3n) is 5.61. The summed E-state index contributed by atoms with van der Waals surface area (Å²) in [7, 11) is 0. The van der Waals surface area contributed by atoms with Gasteiger partial charge in [0.15, 0.2) is 0 Å². The van der Waals surface area contributed by atoms with Gasteiger partial charge in [0.2, 0.25) is 5.91 Å². The van der Waals surface area contributed by atoms with Crippen LogP contribution in [0.5, 0.6) is 0 Å². The topological polar surface area (TPSA) is 84.7 Å². The van der Waals surface area contributed by atoms with Crippen molar-refractivity contribution < 1.29 is 14.3 Å². The minimum atomic E-state index is -0.994. The van der Waals surface area contributed by atoms with Gasteiger partial charge in [-0.3, -0.25) is 9.59 Å². The summed E-state index contributed by atoms with van der Waals surface area (Å²) < 4.78 is 5.68. The molecule has 6 nitrogen and oxygen atoms in total. The Labute approximate surface area is 179 Å². The van der Waals surface area contributed by atoms with Gasteiger partial charge in [-0.05, 0) is 31.2 Å². The molecule has 2 atom stereocenters. The Hall–Kier alpha value is -2.15. The van der Waals surface area contributed by atoms with Gasteiger partial charge in [-0.15, -0.1) is 25.6 Å². The number of hydrogen-bond acceptors (Lipinski definition) is 4. The van der Waals surface area contributed by atoms with Gasteiger partial charge in [0, 0.05) is 42.8 Å². The van der Waals surface area contributed by atoms with E-state index in [1.54, 1.807) is 41.3 Å². The largest absolute Gasteiger partial charge is 0.378 e. The Morgan fingerprint density at radius 3 is 2.24 bits per heavy atom. The molecule has 2 rings (SSSR count). The fourth-order valence-electron chi connectivity index (χ4n) is 3.49. The maximum atomic E-state index is 12.8. The molecule has 1 aromatic carbocycles. The van der Waals surface area contributed by atoms with Crippen molar-refractivity contribution in [1.82, 2.24) is 4.90 Å². The molecule has 0 bridgehead atoms. The van der Waals surface area contributed by atoms with Crippen LogP contribution in [0.2, 0.25) is 0 Å². The van der Waals surface area contributed by atoms with Gasteiger partial charge in [-0.1, -0.05) is 26.0 Å². The van der Waals surface area contributed by atoms with Gasteiger partial charge < -0.3 is 20.7 Å². The lowest BCUT2D eigenvalue weighted by Crippen LogP contribution is -2.74. The molecule has 1 aliphatic rings. The Morgan fingerprint density at radius 1 is 1.24 bits per heavy atom. The van der Waals surface area contributed by atoms with Crippen LogP contribution in [0.15, 0.2) is 49.6 Å². The van der Waals surface area contributed by atoms with E-state index in [2.05, 4.69) is 18.5 Å². The molecule has 29 heavy (non-hydrogen) atoms. The molecule has 7 heteroatoms. The number of carbonyl (C=O) groups is 2. The average Bonchev–Trinajstić information content (AvgIpc) is 2.67. The number of nitrogens with two attached hydrogens (primary N) is 1. The SMILES string of the molecule is C=CCN(CC=C)C(=O)c1ccc(NC(=O)C2(N)CC(OCC)C2(C)C)cc1.Cl. The summed E-state index contributed by atoms with van der Waals surface area (Å²) in [5.41, 5.74) is 6.08. The molecule has 0 heterocycles. The van der Waals surface area contributed by atoms with E-state index in [4.69, 9.17) is 10.5 Å². The van der Waals surface area contributed by atoms with Crippen LogP contribution in [0.1, 0.15) is 37.6 Å². The number of carbonyl (C=O) groups excluding carboxylic acids is 2. The zero-order valence-corrected chi connectivity index (χ0v) is 18.3. The lowest BCUT2D eigenvalue weighted by Gasteiger charge is -2.57. The van der Waals surface area contributed by atoms with Crippen LogP contribution in [0.4, 0.5) is 5.69 Å². The van der Waals surface area contributed by atoms with E-state index < -0.39 is 11.0 Å². The second-order valence-corrected chi connectivity index (χ2v) is 7.66. The molecule has 1 aliphatic carbocycles. The van der Waals surface area contributed by atoms with E-state index in [0.717, 1.165) is 0 Å². The molecule has 2 unspecified atom stereocenters. The van der Waals surface area contributed by atoms with E-state index in [9.17, 15) is 9.59 Å². The van der Waals surface area contributed by atoms with Crippen LogP contribution >= 0.6 is 12.4 Å². The van der Waals surface area contributed by atoms with E-state index in [1.807, 2.05) is 20.8 Å². The van der Waals surface area contributed by atoms with Crippen molar-refractivity contribution in [2.45, 2.75) is 38.8 Å². The van der Waals surface area contributed by atoms with Crippen molar-refractivity contribution >= 4 is 29.9 Å². The maximum absolute atomic E-state index is 12.8. The van der Waals surface area contributed by atoms with Crippen LogP contribution in [0, 0.1) is 5.41 Å². The van der Waals surface area contributed by atoms with Crippen LogP contribution in [0.25, 0.3) is 0 Å². The Morgan fingerprint density at radius 2 is 1.79 bits per heavy atom. The van der Waals surface area contributed by atoms with Gasteiger partial charge in [0.1, 0.15) is 5.54 Å². The van der Waals surface area contributed by atoms with Crippen molar-refractivity contribution in [3.8, 4) is 0 Å². The first-order valence-corrected chi connectivity index (χ1v) is 9.54. The molecule has 3 N–H and O–H groups in total. The quantitative estimate of drug-likeness (QED) is 0.598. The number of amides is 2. The summed E-state index contributed by atoms with van der Waals surface area (Å²) in [6, 6.07) is 6.80. The fraction of sp³-hybridized carbons (Fsp3) is 0.455. The Balaban J connectivity index is 0.00000420. The zero-order chi connectivity index (χ0) is 20.9. The number of anilines is 1. The third kappa shape index (κ3) is 4.89. The van der Waals surface area contributed by atoms with E-state index >= 15 is 0 Å². The second-order valence-electron chi connectivity index (χ2n) is 7.66. The lowest BCUT2D eigenvalue weighted by atomic mass is 9.54. The highest BCUT2D eigenvalue weighted by atomic mass is 35.5. The Bertz CT molecular complexity index is 738. The van der Waals surface area contributed by atoms with Crippen LogP contribution < -0.4 is 11.1 Å². The third-order valence-corrected chi connectivity index (χ3v) is 5.61. The highest BCUT2D eigenvalue weighted by Gasteiger charge is 2.62. The molecule has 0 aliphatic heterocycles. The minimum Gasteiger partial charge on any atom is -0.378 e. The fourth-order valence-corrected chi connectivity index (χ4v) is 3.49. The molecule has 1 fully saturated rings. The van der Waals surface area contributed by atoms with Crippen LogP contribution in [-0.4, -0.2) is 48.1 Å². The first-order valence-electron chi connectivity index (χ1n) is 9.54. The molecule has 0 spiro atoms. The average molecular weight is 422 g/mol. The number of benzene rings is 1. The van der Waals surface area contributed by atoms with E-state index in [-0.39, 0.29) is 30.3 Å². The second kappa shape index (κ2) is 10.1. The minimum absolute atomic E-state index is 0. The summed E-state index contributed by atoms with van der Waals surface area (Å²) in [5.74, 6) is -0.361. The predicted molar refractivity (Wildman–Crippen MR) is 119 cm³/mol. The molecule has 1 aromatic rings. The summed E-state index contributed by atoms with van der Waals surface area (Å²) in [6.45, 7) is 14.7. The van der Waals surface area contributed by atoms with Crippen molar-refractivity contribution in [3.05, 3.63) is 55.1 Å². The summed E-state index contributed by atoms with van der Waals surface area (Å²) >= 11 is 0. The van der Waals surface area contributed by atoms with Gasteiger partial charge in [-0.25, -0.2) is 0 Å². The number of ether oxygens (including phenoxy) is 1. The van der Waals surface area contributed by atoms with Gasteiger partial charge in [0.25, 0.3) is 5.91 Å². The van der Waals surface area contributed by atoms with Crippen molar-refractivity contribution in [2.75, 3.05) is 25.0 Å². The molecule has 0 aromatic heterocycles. The smallest absolute Gasteiger partial charge is 0.254 e. The number of nitrogens with one attached hydrogen (secondary N) is 1. The molecule has 2 amide bonds. The molecule has 160 valence electrons. The van der Waals surface area contributed by atoms with Gasteiger partial charge >= 0.3 is 0 Å². The first kappa shape index (κ1) is 24.9. The molecular formula is C22H32ClN3O3. The summed E-state index contributed by atoms with van der Waals surface area (Å²) in [6.07, 6.45) is 3.79. The van der Waals surface area contributed by atoms with Gasteiger partial charge in [0.05, 0.1) is 6.10 Å². The Kier molecular flexibility index (Phi) is 8.63. The monoisotopic (exact) mass is 421 g/mol. The van der Waals surface area contributed by atoms with Crippen molar-refractivity contribution in [1.29, 1.82) is 0 Å². The van der Waals surface area contributed by atoms with E-state index in [0.29, 0.717) is 37.4 Å². The zero-order valence-electron chi connectivity index (χ0n) is 17.4. The number of nitrogens with zero attached hydrogens (tertiary/aromatic N) is 1. The van der Waals surface area contributed by atoms with Crippen LogP contribution in [-0.2, 0) is 9.53 Å². The first-order chi connectivity index (χ1) is 13.2. The molecule has 1 saturated carbocycles. The molecule has 0 radical (unpaired) electrons. The number of halogens is 1. The van der Waals surface area contributed by atoms with Crippen molar-refractivity contribution in [2.24, 2.45) is 11.1 Å². The standard InChI is InChI=1S/C22H31N3O3.ClH/c1-6-13-25(14-7-2)19(26)16-9-11-17(12-10-16)24-20(27)22(23)15-18(28-8-3)21(22,4)5;/h6-7,9-12,18H,1-2,8,13-15,23H2,3-5H3,(H,24,27);1H. The predicted octanol–water partition coefficient (Wildman–Crippen LogP) is 3.39. The van der Waals surface area contributed by atoms with E-state index in [1.165, 1.54) is 0 Å². The highest BCUT2D eigenvalue weighted by Crippen LogP contribution is 2.50. The van der Waals surface area contributed by atoms with Gasteiger partial charge in [-0.2, -0.15) is 0 Å². The summed E-state index contributed by atoms with van der Waals surface area (Å²) in [4.78, 5) is 27.0. The molecule has 0 saturated heterocycles.